The van der Waals surface area contributed by atoms with E-state index in [1.165, 1.54) is 0 Å². The molecule has 0 unspecified atom stereocenters. The van der Waals surface area contributed by atoms with Crippen molar-refractivity contribution in [3.05, 3.63) is 12.8 Å². The van der Waals surface area contributed by atoms with Crippen LogP contribution in [-0.2, 0) is 8.85 Å². The molecule has 52 valence electrons. The summed E-state index contributed by atoms with van der Waals surface area (Å²) in [4.78, 5) is 12.8. The average molecular weight is 163 g/mol. The van der Waals surface area contributed by atoms with E-state index in [9.17, 15) is 4.79 Å². The van der Waals surface area contributed by atoms with E-state index in [2.05, 4.69) is 16.3 Å². The lowest BCUT2D eigenvalue weighted by Gasteiger charge is -1.99. The van der Waals surface area contributed by atoms with Gasteiger partial charge in [0.15, 0.2) is 0 Å². The number of rotatable bonds is 3. The fourth-order valence-electron chi connectivity index (χ4n) is 0.248. The van der Waals surface area contributed by atoms with Crippen molar-refractivity contribution in [1.29, 1.82) is 0 Å². The van der Waals surface area contributed by atoms with Crippen LogP contribution in [-0.4, -0.2) is 26.5 Å². The lowest BCUT2D eigenvalue weighted by atomic mass is 11.1. The summed E-state index contributed by atoms with van der Waals surface area (Å²) < 4.78 is 9.12. The molecule has 0 fully saturated rings. The van der Waals surface area contributed by atoms with E-state index in [1.54, 1.807) is 0 Å². The van der Waals surface area contributed by atoms with Crippen molar-refractivity contribution in [2.24, 2.45) is 0 Å². The van der Waals surface area contributed by atoms with Crippen molar-refractivity contribution in [3.63, 3.8) is 0 Å². The number of amides is 1. The van der Waals surface area contributed by atoms with Crippen LogP contribution in [0.2, 0.25) is 0 Å². The van der Waals surface area contributed by atoms with Crippen molar-refractivity contribution in [3.8, 4) is 0 Å². The predicted octanol–water partition coefficient (Wildman–Crippen LogP) is -1.85. The van der Waals surface area contributed by atoms with Crippen LogP contribution in [0.4, 0.5) is 4.79 Å². The second kappa shape index (κ2) is 5.54. The minimum absolute atomic E-state index is 0.479. The molecule has 4 nitrogen and oxygen atoms in total. The van der Waals surface area contributed by atoms with Crippen molar-refractivity contribution in [2.75, 3.05) is 0 Å². The molecule has 0 rings (SSSR count). The quantitative estimate of drug-likeness (QED) is 0.392. The summed E-state index contributed by atoms with van der Waals surface area (Å²) in [5.74, 6) is 0. The molecule has 0 saturated heterocycles. The first-order valence-electron chi connectivity index (χ1n) is 2.35. The Morgan fingerprint density at radius 2 is 2.56 bits per heavy atom. The van der Waals surface area contributed by atoms with E-state index >= 15 is 0 Å². The van der Waals surface area contributed by atoms with E-state index < -0.39 is 16.0 Å². The molecule has 0 aromatic rings. The summed E-state index contributed by atoms with van der Waals surface area (Å²) in [5, 5.41) is 0. The molecule has 6 heteroatoms. The summed E-state index contributed by atoms with van der Waals surface area (Å²) in [7, 11) is -0.192. The zero-order valence-electron chi connectivity index (χ0n) is 5.22. The molecule has 0 atom stereocenters. The van der Waals surface area contributed by atoms with Crippen molar-refractivity contribution in [2.45, 2.75) is 0 Å². The molecular weight excluding hydrogens is 154 g/mol. The van der Waals surface area contributed by atoms with E-state index in [0.29, 0.717) is 10.5 Å². The smallest absolute Gasteiger partial charge is 0.405 e. The van der Waals surface area contributed by atoms with Gasteiger partial charge >= 0.3 is 6.09 Å². The van der Waals surface area contributed by atoms with Gasteiger partial charge in [-0.15, -0.1) is 0 Å². The molecule has 0 bridgehead atoms. The minimum atomic E-state index is -0.857. The van der Waals surface area contributed by atoms with Crippen molar-refractivity contribution < 1.29 is 13.6 Å². The minimum Gasteiger partial charge on any atom is -0.453 e. The highest BCUT2D eigenvalue weighted by Gasteiger charge is 1.94. The van der Waals surface area contributed by atoms with Gasteiger partial charge in [0.1, 0.15) is 10.5 Å². The Kier molecular flexibility index (Phi) is 5.17. The molecule has 0 radical (unpaired) electrons. The Morgan fingerprint density at radius 1 is 1.89 bits per heavy atom. The second-order valence-corrected chi connectivity index (χ2v) is 4.13. The molecular formula is C3H9NO3Si2. The van der Waals surface area contributed by atoms with Gasteiger partial charge in [0.2, 0.25) is 0 Å². The Hall–Kier alpha value is -0.596. The molecule has 0 saturated carbocycles. The molecule has 0 aromatic carbocycles. The standard InChI is InChI=1S/C3H9NO3Si2/c1-2-6-3(5)4-9-7-8/h2H,1,9H2,8H3,(H,4,5). The van der Waals surface area contributed by atoms with Crippen LogP contribution < -0.4 is 4.98 Å². The molecule has 1 N–H and O–H groups in total. The van der Waals surface area contributed by atoms with Gasteiger partial charge in [0.05, 0.1) is 6.26 Å². The van der Waals surface area contributed by atoms with Gasteiger partial charge < -0.3 is 13.8 Å². The maximum absolute atomic E-state index is 10.4. The molecule has 1 amide bonds. The normalized spacial score (nSPS) is 9.78. The molecule has 0 spiro atoms. The van der Waals surface area contributed by atoms with Gasteiger partial charge in [-0.25, -0.2) is 4.79 Å². The van der Waals surface area contributed by atoms with Gasteiger partial charge in [-0.1, -0.05) is 6.58 Å². The second-order valence-electron chi connectivity index (χ2n) is 1.18. The Bertz CT molecular complexity index is 107. The molecule has 0 aliphatic heterocycles. The van der Waals surface area contributed by atoms with Gasteiger partial charge in [-0.2, -0.15) is 0 Å². The maximum atomic E-state index is 10.4. The number of hydrogen-bond acceptors (Lipinski definition) is 3. The first-order chi connectivity index (χ1) is 4.31. The third kappa shape index (κ3) is 5.27. The highest BCUT2D eigenvalue weighted by atomic mass is 28.3. The van der Waals surface area contributed by atoms with E-state index in [1.807, 2.05) is 0 Å². The third-order valence-electron chi connectivity index (χ3n) is 0.551. The van der Waals surface area contributed by atoms with Gasteiger partial charge in [0, 0.05) is 0 Å². The van der Waals surface area contributed by atoms with Gasteiger partial charge in [-0.05, 0) is 0 Å². The summed E-state index contributed by atoms with van der Waals surface area (Å²) in [6.45, 7) is 3.21. The first kappa shape index (κ1) is 8.40. The third-order valence-corrected chi connectivity index (χ3v) is 2.14. The van der Waals surface area contributed by atoms with Crippen LogP contribution >= 0.6 is 0 Å². The predicted molar refractivity (Wildman–Crippen MR) is 39.4 cm³/mol. The summed E-state index contributed by atoms with van der Waals surface area (Å²) in [6.07, 6.45) is 0.601. The lowest BCUT2D eigenvalue weighted by Crippen LogP contribution is -2.28. The molecule has 0 aliphatic carbocycles. The number of nitrogens with one attached hydrogen (secondary N) is 1. The van der Waals surface area contributed by atoms with E-state index in [4.69, 9.17) is 4.12 Å². The SMILES string of the molecule is C=COC(=O)N[SiH2]O[SiH3]. The van der Waals surface area contributed by atoms with Crippen LogP contribution in [0, 0.1) is 0 Å². The fourth-order valence-corrected chi connectivity index (χ4v) is 1.03. The van der Waals surface area contributed by atoms with Crippen LogP contribution in [0.5, 0.6) is 0 Å². The molecule has 0 aromatic heterocycles. The van der Waals surface area contributed by atoms with E-state index in [0.717, 1.165) is 6.26 Å². The first-order valence-corrected chi connectivity index (χ1v) is 4.45. The number of ether oxygens (including phenoxy) is 1. The topological polar surface area (TPSA) is 47.6 Å². The Labute approximate surface area is 58.8 Å². The van der Waals surface area contributed by atoms with Gasteiger partial charge in [0.25, 0.3) is 9.92 Å². The highest BCUT2D eigenvalue weighted by Crippen LogP contribution is 1.73. The van der Waals surface area contributed by atoms with E-state index in [-0.39, 0.29) is 0 Å². The Morgan fingerprint density at radius 3 is 3.00 bits per heavy atom. The fraction of sp³-hybridized carbons (Fsp3) is 0. The Balaban J connectivity index is 3.16. The molecule has 0 aliphatic rings. The molecule has 9 heavy (non-hydrogen) atoms. The summed E-state index contributed by atoms with van der Waals surface area (Å²) >= 11 is 0. The van der Waals surface area contributed by atoms with Crippen molar-refractivity contribution in [1.82, 2.24) is 4.98 Å². The van der Waals surface area contributed by atoms with Crippen LogP contribution in [0.25, 0.3) is 0 Å². The summed E-state index contributed by atoms with van der Waals surface area (Å²) in [5.41, 5.74) is 0. The molecule has 0 heterocycles. The number of hydrogen-bond donors (Lipinski definition) is 1. The van der Waals surface area contributed by atoms with Crippen LogP contribution in [0.1, 0.15) is 0 Å². The van der Waals surface area contributed by atoms with Gasteiger partial charge in [-0.3, -0.25) is 0 Å². The monoisotopic (exact) mass is 163 g/mol. The summed E-state index contributed by atoms with van der Waals surface area (Å²) in [6, 6.07) is 0. The average Bonchev–Trinajstić information content (AvgIpc) is 1.85. The lowest BCUT2D eigenvalue weighted by molar-refractivity contribution is 0.191. The highest BCUT2D eigenvalue weighted by molar-refractivity contribution is 6.35. The van der Waals surface area contributed by atoms with Crippen molar-refractivity contribution >= 4 is 26.5 Å². The maximum Gasteiger partial charge on any atom is 0.405 e. The number of carbonyl (C=O) groups excluding carboxylic acids is 1. The van der Waals surface area contributed by atoms with Crippen LogP contribution in [0.3, 0.4) is 0 Å². The zero-order chi connectivity index (χ0) is 7.11. The van der Waals surface area contributed by atoms with Crippen LogP contribution in [0.15, 0.2) is 12.8 Å². The zero-order valence-corrected chi connectivity index (χ0v) is 8.63. The largest absolute Gasteiger partial charge is 0.453 e. The number of carbonyl (C=O) groups is 1.